The van der Waals surface area contributed by atoms with Crippen LogP contribution in [0, 0.1) is 10.1 Å². The molecule has 2 aromatic carbocycles. The van der Waals surface area contributed by atoms with Crippen LogP contribution in [-0.2, 0) is 9.53 Å². The number of amides is 1. The first-order valence-electron chi connectivity index (χ1n) is 8.42. The molecule has 0 aliphatic carbocycles. The first-order chi connectivity index (χ1) is 13.3. The maximum Gasteiger partial charge on any atom is 0.342 e. The summed E-state index contributed by atoms with van der Waals surface area (Å²) in [6.45, 7) is 3.79. The second-order valence-corrected chi connectivity index (χ2v) is 5.64. The van der Waals surface area contributed by atoms with Gasteiger partial charge in [-0.2, -0.15) is 0 Å². The molecule has 2 rings (SSSR count). The van der Waals surface area contributed by atoms with Crippen molar-refractivity contribution in [1.29, 1.82) is 0 Å². The van der Waals surface area contributed by atoms with E-state index < -0.39 is 22.9 Å². The summed E-state index contributed by atoms with van der Waals surface area (Å²) in [6, 6.07) is 10.2. The number of ether oxygens (including phenoxy) is 3. The number of rotatable bonds is 8. The number of hydrogen-bond donors (Lipinski definition) is 1. The standard InChI is InChI=1S/C19H20N2O7/c1-4-27-15-8-5-13(6-9-15)20-18(22)12(2)28-19(23)16-11-14(21(24)25)7-10-17(16)26-3/h5-12H,4H2,1-3H3,(H,20,22)/t12-/m0/s1. The first kappa shape index (κ1) is 20.7. The summed E-state index contributed by atoms with van der Waals surface area (Å²) >= 11 is 0. The van der Waals surface area contributed by atoms with E-state index in [1.165, 1.54) is 26.2 Å². The Hall–Kier alpha value is -3.62. The number of esters is 1. The van der Waals surface area contributed by atoms with E-state index in [0.29, 0.717) is 18.0 Å². The molecule has 9 heteroatoms. The lowest BCUT2D eigenvalue weighted by molar-refractivity contribution is -0.384. The Morgan fingerprint density at radius 3 is 2.43 bits per heavy atom. The fourth-order valence-electron chi connectivity index (χ4n) is 2.29. The predicted octanol–water partition coefficient (Wildman–Crippen LogP) is 3.19. The number of methoxy groups -OCH3 is 1. The molecular formula is C19H20N2O7. The summed E-state index contributed by atoms with van der Waals surface area (Å²) < 4.78 is 15.5. The maximum atomic E-state index is 12.4. The SMILES string of the molecule is CCOc1ccc(NC(=O)[C@H](C)OC(=O)c2cc([N+](=O)[O-])ccc2OC)cc1. The lowest BCUT2D eigenvalue weighted by atomic mass is 10.1. The van der Waals surface area contributed by atoms with Crippen LogP contribution in [0.15, 0.2) is 42.5 Å². The van der Waals surface area contributed by atoms with Crippen LogP contribution in [0.3, 0.4) is 0 Å². The van der Waals surface area contributed by atoms with E-state index >= 15 is 0 Å². The molecule has 9 nitrogen and oxygen atoms in total. The van der Waals surface area contributed by atoms with Gasteiger partial charge < -0.3 is 19.5 Å². The fourth-order valence-corrected chi connectivity index (χ4v) is 2.29. The summed E-state index contributed by atoms with van der Waals surface area (Å²) in [7, 11) is 1.32. The van der Waals surface area contributed by atoms with Crippen molar-refractivity contribution in [2.45, 2.75) is 20.0 Å². The van der Waals surface area contributed by atoms with Crippen LogP contribution in [0.4, 0.5) is 11.4 Å². The molecule has 0 saturated carbocycles. The third-order valence-electron chi connectivity index (χ3n) is 3.70. The van der Waals surface area contributed by atoms with Crippen LogP contribution in [0.2, 0.25) is 0 Å². The molecule has 0 aliphatic heterocycles. The van der Waals surface area contributed by atoms with E-state index in [-0.39, 0.29) is 17.0 Å². The summed E-state index contributed by atoms with van der Waals surface area (Å²) in [5.74, 6) is -0.690. The summed E-state index contributed by atoms with van der Waals surface area (Å²) in [6.07, 6.45) is -1.14. The molecule has 0 saturated heterocycles. The molecule has 148 valence electrons. The smallest absolute Gasteiger partial charge is 0.342 e. The Bertz CT molecular complexity index is 865. The van der Waals surface area contributed by atoms with E-state index in [4.69, 9.17) is 14.2 Å². The van der Waals surface area contributed by atoms with Gasteiger partial charge in [-0.05, 0) is 44.2 Å². The van der Waals surface area contributed by atoms with Crippen LogP contribution in [0.1, 0.15) is 24.2 Å². The Morgan fingerprint density at radius 1 is 1.18 bits per heavy atom. The van der Waals surface area contributed by atoms with Crippen LogP contribution in [0.25, 0.3) is 0 Å². The van der Waals surface area contributed by atoms with Crippen LogP contribution in [0.5, 0.6) is 11.5 Å². The Morgan fingerprint density at radius 2 is 1.86 bits per heavy atom. The molecule has 28 heavy (non-hydrogen) atoms. The number of anilines is 1. The molecule has 0 radical (unpaired) electrons. The van der Waals surface area contributed by atoms with Gasteiger partial charge in [-0.3, -0.25) is 14.9 Å². The zero-order valence-electron chi connectivity index (χ0n) is 15.6. The fraction of sp³-hybridized carbons (Fsp3) is 0.263. The number of benzene rings is 2. The highest BCUT2D eigenvalue weighted by Crippen LogP contribution is 2.25. The lowest BCUT2D eigenvalue weighted by Gasteiger charge is -2.15. The number of nitrogens with one attached hydrogen (secondary N) is 1. The number of hydrogen-bond acceptors (Lipinski definition) is 7. The number of non-ortho nitro benzene ring substituents is 1. The molecule has 1 N–H and O–H groups in total. The quantitative estimate of drug-likeness (QED) is 0.419. The van der Waals surface area contributed by atoms with Gasteiger partial charge in [0.15, 0.2) is 6.10 Å². The van der Waals surface area contributed by atoms with Gasteiger partial charge in [0.1, 0.15) is 17.1 Å². The molecule has 1 amide bonds. The van der Waals surface area contributed by atoms with Gasteiger partial charge >= 0.3 is 5.97 Å². The predicted molar refractivity (Wildman–Crippen MR) is 101 cm³/mol. The minimum Gasteiger partial charge on any atom is -0.496 e. The van der Waals surface area contributed by atoms with Crippen LogP contribution >= 0.6 is 0 Å². The molecule has 0 aromatic heterocycles. The monoisotopic (exact) mass is 388 g/mol. The van der Waals surface area contributed by atoms with Gasteiger partial charge in [0.05, 0.1) is 18.6 Å². The Labute approximate surface area is 161 Å². The van der Waals surface area contributed by atoms with E-state index in [1.807, 2.05) is 6.92 Å². The molecule has 0 heterocycles. The summed E-state index contributed by atoms with van der Waals surface area (Å²) in [5, 5.41) is 13.5. The van der Waals surface area contributed by atoms with Crippen molar-refractivity contribution in [1.82, 2.24) is 0 Å². The van der Waals surface area contributed by atoms with Gasteiger partial charge in [-0.1, -0.05) is 0 Å². The molecule has 1 atom stereocenters. The van der Waals surface area contributed by atoms with Gasteiger partial charge in [0.2, 0.25) is 0 Å². The van der Waals surface area contributed by atoms with E-state index in [9.17, 15) is 19.7 Å². The normalized spacial score (nSPS) is 11.2. The van der Waals surface area contributed by atoms with Gasteiger partial charge in [0.25, 0.3) is 11.6 Å². The average molecular weight is 388 g/mol. The van der Waals surface area contributed by atoms with Crippen molar-refractivity contribution in [3.8, 4) is 11.5 Å². The number of carbonyl (C=O) groups is 2. The number of nitro groups is 1. The molecule has 0 aliphatic rings. The third kappa shape index (κ3) is 5.19. The van der Waals surface area contributed by atoms with Crippen LogP contribution in [-0.4, -0.2) is 36.6 Å². The highest BCUT2D eigenvalue weighted by atomic mass is 16.6. The number of nitrogens with zero attached hydrogens (tertiary/aromatic N) is 1. The zero-order chi connectivity index (χ0) is 20.7. The largest absolute Gasteiger partial charge is 0.496 e. The first-order valence-corrected chi connectivity index (χ1v) is 8.42. The minimum atomic E-state index is -1.14. The Balaban J connectivity index is 2.06. The summed E-state index contributed by atoms with van der Waals surface area (Å²) in [5.41, 5.74) is 0.0703. The van der Waals surface area contributed by atoms with Crippen molar-refractivity contribution in [2.75, 3.05) is 19.0 Å². The second-order valence-electron chi connectivity index (χ2n) is 5.64. The molecule has 0 fully saturated rings. The number of nitro benzene ring substituents is 1. The molecule has 0 spiro atoms. The minimum absolute atomic E-state index is 0.106. The molecular weight excluding hydrogens is 368 g/mol. The van der Waals surface area contributed by atoms with E-state index in [1.54, 1.807) is 24.3 Å². The topological polar surface area (TPSA) is 117 Å². The van der Waals surface area contributed by atoms with Gasteiger partial charge in [0, 0.05) is 17.8 Å². The average Bonchev–Trinajstić information content (AvgIpc) is 2.68. The second kappa shape index (κ2) is 9.36. The van der Waals surface area contributed by atoms with Crippen LogP contribution < -0.4 is 14.8 Å². The third-order valence-corrected chi connectivity index (χ3v) is 3.70. The maximum absolute atomic E-state index is 12.4. The molecule has 2 aromatic rings. The highest BCUT2D eigenvalue weighted by Gasteiger charge is 2.23. The zero-order valence-corrected chi connectivity index (χ0v) is 15.6. The van der Waals surface area contributed by atoms with Crippen molar-refractivity contribution in [2.24, 2.45) is 0 Å². The van der Waals surface area contributed by atoms with Crippen molar-refractivity contribution < 1.29 is 28.7 Å². The lowest BCUT2D eigenvalue weighted by Crippen LogP contribution is -2.30. The van der Waals surface area contributed by atoms with E-state index in [2.05, 4.69) is 5.32 Å². The van der Waals surface area contributed by atoms with Crippen molar-refractivity contribution in [3.05, 3.63) is 58.1 Å². The summed E-state index contributed by atoms with van der Waals surface area (Å²) in [4.78, 5) is 34.9. The van der Waals surface area contributed by atoms with E-state index in [0.717, 1.165) is 6.07 Å². The molecule has 0 unspecified atom stereocenters. The number of carbonyl (C=O) groups excluding carboxylic acids is 2. The molecule has 0 bridgehead atoms. The Kier molecular flexibility index (Phi) is 6.91. The highest BCUT2D eigenvalue weighted by molar-refractivity contribution is 5.98. The van der Waals surface area contributed by atoms with Crippen molar-refractivity contribution >= 4 is 23.3 Å². The van der Waals surface area contributed by atoms with Gasteiger partial charge in [-0.15, -0.1) is 0 Å². The van der Waals surface area contributed by atoms with Crippen molar-refractivity contribution in [3.63, 3.8) is 0 Å². The van der Waals surface area contributed by atoms with Gasteiger partial charge in [-0.25, -0.2) is 4.79 Å².